The van der Waals surface area contributed by atoms with Gasteiger partial charge in [-0.25, -0.2) is 9.97 Å². The Balaban J connectivity index is 1.43. The molecule has 6 nitrogen and oxygen atoms in total. The number of anilines is 1. The van der Waals surface area contributed by atoms with E-state index in [2.05, 4.69) is 37.9 Å². The molecule has 0 bridgehead atoms. The van der Waals surface area contributed by atoms with E-state index in [0.717, 1.165) is 32.6 Å². The molecule has 1 aliphatic heterocycles. The van der Waals surface area contributed by atoms with Gasteiger partial charge in [0.05, 0.1) is 16.6 Å². The number of hydrogen-bond acceptors (Lipinski definition) is 5. The van der Waals surface area contributed by atoms with Crippen LogP contribution >= 0.6 is 15.9 Å². The first-order valence-electron chi connectivity index (χ1n) is 10.2. The highest BCUT2D eigenvalue weighted by Crippen LogP contribution is 2.30. The lowest BCUT2D eigenvalue weighted by atomic mass is 10.1. The number of rotatable bonds is 3. The zero-order valence-electron chi connectivity index (χ0n) is 16.8. The number of benzene rings is 2. The minimum Gasteiger partial charge on any atom is -0.351 e. The lowest BCUT2D eigenvalue weighted by Crippen LogP contribution is -2.49. The number of carbonyl (C=O) groups is 1. The van der Waals surface area contributed by atoms with Gasteiger partial charge in [-0.2, -0.15) is 0 Å². The molecule has 2 aromatic heterocycles. The lowest BCUT2D eigenvalue weighted by molar-refractivity contribution is 0.0746. The Morgan fingerprint density at radius 2 is 1.52 bits per heavy atom. The highest BCUT2D eigenvalue weighted by atomic mass is 79.9. The van der Waals surface area contributed by atoms with Gasteiger partial charge in [0.2, 0.25) is 0 Å². The molecule has 1 fully saturated rings. The van der Waals surface area contributed by atoms with Gasteiger partial charge < -0.3 is 9.80 Å². The predicted molar refractivity (Wildman–Crippen MR) is 125 cm³/mol. The van der Waals surface area contributed by atoms with Crippen molar-refractivity contribution >= 4 is 38.7 Å². The molecule has 0 saturated carbocycles. The molecule has 0 spiro atoms. The predicted octanol–water partition coefficient (Wildman–Crippen LogP) is 4.42. The summed E-state index contributed by atoms with van der Waals surface area (Å²) in [5.74, 6) is 0.863. The SMILES string of the molecule is O=C(c1cncc(Br)c1)N1CCN(c2nc3ccccc3nc2-c2ccccc2)CC1. The van der Waals surface area contributed by atoms with Crippen molar-refractivity contribution in [3.05, 3.63) is 83.1 Å². The summed E-state index contributed by atoms with van der Waals surface area (Å²) in [5.41, 5.74) is 4.25. The highest BCUT2D eigenvalue weighted by Gasteiger charge is 2.25. The Morgan fingerprint density at radius 1 is 0.839 bits per heavy atom. The van der Waals surface area contributed by atoms with Crippen molar-refractivity contribution in [2.75, 3.05) is 31.1 Å². The van der Waals surface area contributed by atoms with Gasteiger partial charge in [-0.05, 0) is 34.1 Å². The smallest absolute Gasteiger partial charge is 0.255 e. The normalized spacial score (nSPS) is 14.1. The molecule has 31 heavy (non-hydrogen) atoms. The second kappa shape index (κ2) is 8.43. The number of aromatic nitrogens is 3. The molecule has 0 N–H and O–H groups in total. The number of piperazine rings is 1. The quantitative estimate of drug-likeness (QED) is 0.440. The average molecular weight is 474 g/mol. The molecule has 7 heteroatoms. The van der Waals surface area contributed by atoms with E-state index in [9.17, 15) is 4.79 Å². The first-order chi connectivity index (χ1) is 15.2. The molecule has 0 aliphatic carbocycles. The van der Waals surface area contributed by atoms with Crippen molar-refractivity contribution < 1.29 is 4.79 Å². The van der Waals surface area contributed by atoms with Crippen LogP contribution < -0.4 is 4.90 Å². The maximum Gasteiger partial charge on any atom is 0.255 e. The molecule has 0 radical (unpaired) electrons. The molecule has 3 heterocycles. The molecular formula is C24H20BrN5O. The Morgan fingerprint density at radius 3 is 2.23 bits per heavy atom. The van der Waals surface area contributed by atoms with Crippen LogP contribution in [-0.4, -0.2) is 51.9 Å². The molecule has 4 aromatic rings. The molecule has 1 amide bonds. The number of amides is 1. The number of hydrogen-bond donors (Lipinski definition) is 0. The van der Waals surface area contributed by atoms with Crippen molar-refractivity contribution in [3.63, 3.8) is 0 Å². The number of para-hydroxylation sites is 2. The van der Waals surface area contributed by atoms with Gasteiger partial charge in [-0.1, -0.05) is 42.5 Å². The summed E-state index contributed by atoms with van der Waals surface area (Å²) in [4.78, 5) is 31.0. The van der Waals surface area contributed by atoms with Gasteiger partial charge in [0.25, 0.3) is 5.91 Å². The van der Waals surface area contributed by atoms with Crippen LogP contribution in [0, 0.1) is 0 Å². The zero-order chi connectivity index (χ0) is 21.2. The van der Waals surface area contributed by atoms with E-state index in [0.29, 0.717) is 31.7 Å². The fourth-order valence-corrected chi connectivity index (χ4v) is 4.20. The van der Waals surface area contributed by atoms with Gasteiger partial charge in [0.15, 0.2) is 5.82 Å². The second-order valence-corrected chi connectivity index (χ2v) is 8.34. The maximum absolute atomic E-state index is 12.9. The third-order valence-corrected chi connectivity index (χ3v) is 5.85. The van der Waals surface area contributed by atoms with Crippen LogP contribution in [0.5, 0.6) is 0 Å². The molecule has 1 saturated heterocycles. The lowest BCUT2D eigenvalue weighted by Gasteiger charge is -2.36. The number of fused-ring (bicyclic) bond motifs is 1. The van der Waals surface area contributed by atoms with E-state index in [1.807, 2.05) is 53.4 Å². The van der Waals surface area contributed by atoms with Crippen LogP contribution in [-0.2, 0) is 0 Å². The van der Waals surface area contributed by atoms with Crippen molar-refractivity contribution in [1.29, 1.82) is 0 Å². The molecule has 154 valence electrons. The fraction of sp³-hybridized carbons (Fsp3) is 0.167. The average Bonchev–Trinajstić information content (AvgIpc) is 2.83. The van der Waals surface area contributed by atoms with Gasteiger partial charge in [-0.3, -0.25) is 9.78 Å². The van der Waals surface area contributed by atoms with E-state index in [-0.39, 0.29) is 5.91 Å². The van der Waals surface area contributed by atoms with Crippen LogP contribution in [0.1, 0.15) is 10.4 Å². The van der Waals surface area contributed by atoms with Crippen molar-refractivity contribution in [3.8, 4) is 11.3 Å². The zero-order valence-corrected chi connectivity index (χ0v) is 18.4. The molecule has 2 aromatic carbocycles. The first kappa shape index (κ1) is 19.6. The number of pyridine rings is 1. The first-order valence-corrected chi connectivity index (χ1v) is 11.0. The summed E-state index contributed by atoms with van der Waals surface area (Å²) in [6.45, 7) is 2.63. The minimum absolute atomic E-state index is 0.00123. The fourth-order valence-electron chi connectivity index (χ4n) is 3.83. The number of nitrogens with zero attached hydrogens (tertiary/aromatic N) is 5. The summed E-state index contributed by atoms with van der Waals surface area (Å²) >= 11 is 3.39. The summed E-state index contributed by atoms with van der Waals surface area (Å²) in [6, 6.07) is 19.9. The van der Waals surface area contributed by atoms with Gasteiger partial charge in [0.1, 0.15) is 5.69 Å². The Kier molecular flexibility index (Phi) is 5.34. The Labute approximate surface area is 188 Å². The topological polar surface area (TPSA) is 62.2 Å². The summed E-state index contributed by atoms with van der Waals surface area (Å²) in [5, 5.41) is 0. The molecular weight excluding hydrogens is 454 g/mol. The van der Waals surface area contributed by atoms with E-state index < -0.39 is 0 Å². The highest BCUT2D eigenvalue weighted by molar-refractivity contribution is 9.10. The van der Waals surface area contributed by atoms with Crippen LogP contribution in [0.2, 0.25) is 0 Å². The molecule has 5 rings (SSSR count). The van der Waals surface area contributed by atoms with E-state index >= 15 is 0 Å². The van der Waals surface area contributed by atoms with Gasteiger partial charge >= 0.3 is 0 Å². The summed E-state index contributed by atoms with van der Waals surface area (Å²) in [6.07, 6.45) is 3.29. The largest absolute Gasteiger partial charge is 0.351 e. The van der Waals surface area contributed by atoms with E-state index in [1.165, 1.54) is 0 Å². The molecule has 0 unspecified atom stereocenters. The monoisotopic (exact) mass is 473 g/mol. The Hall–Kier alpha value is -3.32. The van der Waals surface area contributed by atoms with Crippen molar-refractivity contribution in [2.45, 2.75) is 0 Å². The van der Waals surface area contributed by atoms with Crippen molar-refractivity contribution in [2.24, 2.45) is 0 Å². The van der Waals surface area contributed by atoms with Gasteiger partial charge in [0, 0.05) is 48.6 Å². The summed E-state index contributed by atoms with van der Waals surface area (Å²) in [7, 11) is 0. The maximum atomic E-state index is 12.9. The van der Waals surface area contributed by atoms with Crippen LogP contribution in [0.15, 0.2) is 77.5 Å². The number of halogens is 1. The van der Waals surface area contributed by atoms with Crippen LogP contribution in [0.4, 0.5) is 5.82 Å². The second-order valence-electron chi connectivity index (χ2n) is 7.42. The van der Waals surface area contributed by atoms with E-state index in [1.54, 1.807) is 12.4 Å². The third kappa shape index (κ3) is 4.01. The number of carbonyl (C=O) groups excluding carboxylic acids is 1. The third-order valence-electron chi connectivity index (χ3n) is 5.42. The van der Waals surface area contributed by atoms with E-state index in [4.69, 9.17) is 9.97 Å². The van der Waals surface area contributed by atoms with Crippen molar-refractivity contribution in [1.82, 2.24) is 19.9 Å². The molecule has 0 atom stereocenters. The van der Waals surface area contributed by atoms with Crippen LogP contribution in [0.3, 0.4) is 0 Å². The minimum atomic E-state index is 0.00123. The summed E-state index contributed by atoms with van der Waals surface area (Å²) < 4.78 is 0.802. The standard InChI is InChI=1S/C24H20BrN5O/c25-19-14-18(15-26-16-19)24(31)30-12-10-29(11-13-30)23-22(17-6-2-1-3-7-17)27-20-8-4-5-9-21(20)28-23/h1-9,14-16H,10-13H2. The molecule has 1 aliphatic rings. The van der Waals surface area contributed by atoms with Gasteiger partial charge in [-0.15, -0.1) is 0 Å². The van der Waals surface area contributed by atoms with Crippen LogP contribution in [0.25, 0.3) is 22.3 Å². The Bertz CT molecular complexity index is 1240.